The smallest absolute Gasteiger partial charge is 0.224 e. The summed E-state index contributed by atoms with van der Waals surface area (Å²) in [5.74, 6) is 0.142. The minimum atomic E-state index is 0.142. The zero-order valence-corrected chi connectivity index (χ0v) is 17.6. The summed E-state index contributed by atoms with van der Waals surface area (Å²) in [4.78, 5) is 16.6. The number of unbranched alkanes of at least 4 members (excludes halogenated alkanes) is 1. The molecular formula is C25H33N3O. The van der Waals surface area contributed by atoms with E-state index in [1.807, 2.05) is 0 Å². The third-order valence-electron chi connectivity index (χ3n) is 6.34. The quantitative estimate of drug-likeness (QED) is 0.716. The van der Waals surface area contributed by atoms with Gasteiger partial charge in [-0.1, -0.05) is 31.2 Å². The second kappa shape index (κ2) is 9.45. The van der Waals surface area contributed by atoms with Crippen molar-refractivity contribution in [1.82, 2.24) is 4.90 Å². The normalized spacial score (nSPS) is 17.1. The third-order valence-corrected chi connectivity index (χ3v) is 6.34. The summed E-state index contributed by atoms with van der Waals surface area (Å²) in [7, 11) is 0. The molecule has 0 unspecified atom stereocenters. The molecule has 0 atom stereocenters. The largest absolute Gasteiger partial charge is 0.369 e. The lowest BCUT2D eigenvalue weighted by molar-refractivity contribution is -0.116. The van der Waals surface area contributed by atoms with Gasteiger partial charge in [-0.05, 0) is 73.5 Å². The molecule has 29 heavy (non-hydrogen) atoms. The summed E-state index contributed by atoms with van der Waals surface area (Å²) in [6.45, 7) is 7.98. The Morgan fingerprint density at radius 3 is 2.41 bits per heavy atom. The standard InChI is InChI=1S/C25H33N3O/c1-2-20-6-10-23(11-7-20)28-17-15-27(16-18-28)14-4-3-5-21-8-12-24-22(19-21)9-13-25(29)26-24/h6-8,10-12,19H,2-5,9,13-18H2,1H3,(H,26,29). The zero-order chi connectivity index (χ0) is 20.1. The fourth-order valence-electron chi connectivity index (χ4n) is 4.43. The molecule has 0 spiro atoms. The Balaban J connectivity index is 1.17. The van der Waals surface area contributed by atoms with Gasteiger partial charge in [0.1, 0.15) is 0 Å². The number of anilines is 2. The van der Waals surface area contributed by atoms with Crippen LogP contribution in [0.5, 0.6) is 0 Å². The minimum absolute atomic E-state index is 0.142. The van der Waals surface area contributed by atoms with Crippen LogP contribution in [0.25, 0.3) is 0 Å². The Kier molecular flexibility index (Phi) is 6.50. The minimum Gasteiger partial charge on any atom is -0.369 e. The molecule has 2 aromatic carbocycles. The first-order valence-corrected chi connectivity index (χ1v) is 11.2. The van der Waals surface area contributed by atoms with E-state index in [9.17, 15) is 4.79 Å². The average molecular weight is 392 g/mol. The maximum atomic E-state index is 11.5. The summed E-state index contributed by atoms with van der Waals surface area (Å²) in [6, 6.07) is 15.6. The first-order chi connectivity index (χ1) is 14.2. The van der Waals surface area contributed by atoms with Gasteiger partial charge in [0, 0.05) is 44.0 Å². The number of hydrogen-bond acceptors (Lipinski definition) is 3. The maximum absolute atomic E-state index is 11.5. The van der Waals surface area contributed by atoms with Crippen molar-refractivity contribution >= 4 is 17.3 Å². The van der Waals surface area contributed by atoms with Crippen molar-refractivity contribution in [1.29, 1.82) is 0 Å². The van der Waals surface area contributed by atoms with Crippen LogP contribution in [-0.4, -0.2) is 43.5 Å². The Morgan fingerprint density at radius 1 is 0.897 bits per heavy atom. The van der Waals surface area contributed by atoms with Crippen LogP contribution in [0.15, 0.2) is 42.5 Å². The maximum Gasteiger partial charge on any atom is 0.224 e. The topological polar surface area (TPSA) is 35.6 Å². The molecule has 154 valence electrons. The molecule has 1 fully saturated rings. The molecule has 2 aliphatic rings. The first-order valence-electron chi connectivity index (χ1n) is 11.2. The van der Waals surface area contributed by atoms with Crippen LogP contribution in [0.3, 0.4) is 0 Å². The molecule has 4 heteroatoms. The van der Waals surface area contributed by atoms with E-state index in [-0.39, 0.29) is 5.91 Å². The molecule has 0 radical (unpaired) electrons. The monoisotopic (exact) mass is 391 g/mol. The molecule has 0 saturated carbocycles. The van der Waals surface area contributed by atoms with Crippen molar-refractivity contribution in [3.8, 4) is 0 Å². The van der Waals surface area contributed by atoms with E-state index in [1.54, 1.807) is 0 Å². The van der Waals surface area contributed by atoms with Crippen LogP contribution in [0.2, 0.25) is 0 Å². The lowest BCUT2D eigenvalue weighted by Crippen LogP contribution is -2.46. The van der Waals surface area contributed by atoms with E-state index in [0.29, 0.717) is 6.42 Å². The second-order valence-corrected chi connectivity index (χ2v) is 8.35. The van der Waals surface area contributed by atoms with Crippen molar-refractivity contribution in [3.05, 3.63) is 59.2 Å². The molecule has 4 rings (SSSR count). The van der Waals surface area contributed by atoms with Crippen molar-refractivity contribution in [2.75, 3.05) is 42.9 Å². The summed E-state index contributed by atoms with van der Waals surface area (Å²) in [5.41, 5.74) is 6.49. The molecule has 2 heterocycles. The molecule has 2 aromatic rings. The number of hydrogen-bond donors (Lipinski definition) is 1. The Bertz CT molecular complexity index is 822. The van der Waals surface area contributed by atoms with Crippen LogP contribution in [-0.2, 0) is 24.1 Å². The van der Waals surface area contributed by atoms with Gasteiger partial charge in [0.25, 0.3) is 0 Å². The number of nitrogens with zero attached hydrogens (tertiary/aromatic N) is 2. The van der Waals surface area contributed by atoms with Crippen molar-refractivity contribution < 1.29 is 4.79 Å². The molecule has 4 nitrogen and oxygen atoms in total. The van der Waals surface area contributed by atoms with Gasteiger partial charge in [-0.15, -0.1) is 0 Å². The van der Waals surface area contributed by atoms with E-state index in [0.717, 1.165) is 51.1 Å². The predicted octanol–water partition coefficient (Wildman–Crippen LogP) is 4.28. The van der Waals surface area contributed by atoms with Gasteiger partial charge in [0.15, 0.2) is 0 Å². The zero-order valence-electron chi connectivity index (χ0n) is 17.6. The van der Waals surface area contributed by atoms with E-state index >= 15 is 0 Å². The third kappa shape index (κ3) is 5.18. The molecule has 0 aliphatic carbocycles. The summed E-state index contributed by atoms with van der Waals surface area (Å²) < 4.78 is 0. The number of amides is 1. The van der Waals surface area contributed by atoms with Gasteiger partial charge in [0.05, 0.1) is 0 Å². The van der Waals surface area contributed by atoms with Gasteiger partial charge in [0.2, 0.25) is 5.91 Å². The Morgan fingerprint density at radius 2 is 1.66 bits per heavy atom. The highest BCUT2D eigenvalue weighted by molar-refractivity contribution is 5.93. The van der Waals surface area contributed by atoms with Crippen LogP contribution in [0.4, 0.5) is 11.4 Å². The highest BCUT2D eigenvalue weighted by atomic mass is 16.1. The molecule has 0 bridgehead atoms. The Hall–Kier alpha value is -2.33. The fraction of sp³-hybridized carbons (Fsp3) is 0.480. The van der Waals surface area contributed by atoms with E-state index in [4.69, 9.17) is 0 Å². The highest BCUT2D eigenvalue weighted by Crippen LogP contribution is 2.24. The van der Waals surface area contributed by atoms with Gasteiger partial charge < -0.3 is 10.2 Å². The number of carbonyl (C=O) groups excluding carboxylic acids is 1. The van der Waals surface area contributed by atoms with Crippen LogP contribution in [0.1, 0.15) is 42.9 Å². The average Bonchev–Trinajstić information content (AvgIpc) is 2.77. The van der Waals surface area contributed by atoms with Crippen molar-refractivity contribution in [2.45, 2.75) is 45.4 Å². The van der Waals surface area contributed by atoms with E-state index in [2.05, 4.69) is 64.5 Å². The van der Waals surface area contributed by atoms with Gasteiger partial charge in [-0.2, -0.15) is 0 Å². The van der Waals surface area contributed by atoms with Gasteiger partial charge in [-0.25, -0.2) is 0 Å². The molecule has 1 N–H and O–H groups in total. The number of carbonyl (C=O) groups is 1. The number of benzene rings is 2. The van der Waals surface area contributed by atoms with E-state index in [1.165, 1.54) is 41.8 Å². The van der Waals surface area contributed by atoms with Crippen LogP contribution >= 0.6 is 0 Å². The number of fused-ring (bicyclic) bond motifs is 1. The van der Waals surface area contributed by atoms with Crippen molar-refractivity contribution in [3.63, 3.8) is 0 Å². The molecule has 0 aromatic heterocycles. The van der Waals surface area contributed by atoms with Gasteiger partial charge in [-0.3, -0.25) is 9.69 Å². The van der Waals surface area contributed by atoms with Crippen LogP contribution in [0, 0.1) is 0 Å². The summed E-state index contributed by atoms with van der Waals surface area (Å²) in [6.07, 6.45) is 6.20. The fourth-order valence-corrected chi connectivity index (χ4v) is 4.43. The Labute approximate surface area is 174 Å². The number of nitrogens with one attached hydrogen (secondary N) is 1. The van der Waals surface area contributed by atoms with Crippen molar-refractivity contribution in [2.24, 2.45) is 0 Å². The molecular weight excluding hydrogens is 358 g/mol. The molecule has 2 aliphatic heterocycles. The van der Waals surface area contributed by atoms with Crippen LogP contribution < -0.4 is 10.2 Å². The number of aryl methyl sites for hydroxylation is 3. The molecule has 1 saturated heterocycles. The summed E-state index contributed by atoms with van der Waals surface area (Å²) >= 11 is 0. The summed E-state index contributed by atoms with van der Waals surface area (Å²) in [5, 5.41) is 2.97. The lowest BCUT2D eigenvalue weighted by Gasteiger charge is -2.36. The van der Waals surface area contributed by atoms with Gasteiger partial charge >= 0.3 is 0 Å². The SMILES string of the molecule is CCc1ccc(N2CCN(CCCCc3ccc4c(c3)CCC(=O)N4)CC2)cc1. The van der Waals surface area contributed by atoms with E-state index < -0.39 is 0 Å². The first kappa shape index (κ1) is 20.0. The second-order valence-electron chi connectivity index (χ2n) is 8.35. The highest BCUT2D eigenvalue weighted by Gasteiger charge is 2.17. The predicted molar refractivity (Wildman–Crippen MR) is 121 cm³/mol. The lowest BCUT2D eigenvalue weighted by atomic mass is 9.98. The number of rotatable bonds is 7. The molecule has 1 amide bonds. The number of piperazine rings is 1.